The monoisotopic (exact) mass is 322 g/mol. The Morgan fingerprint density at radius 3 is 2.47 bits per heavy atom. The fraction of sp³-hybridized carbons (Fsp3) is 0.286. The summed E-state index contributed by atoms with van der Waals surface area (Å²) in [4.78, 5) is 10.9. The molecule has 2 rings (SSSR count). The van der Waals surface area contributed by atoms with E-state index in [2.05, 4.69) is 21.0 Å². The van der Waals surface area contributed by atoms with E-state index in [0.717, 1.165) is 15.7 Å². The normalized spacial score (nSPS) is 11.5. The molecule has 5 heteroatoms. The molecule has 0 aliphatic carbocycles. The second-order valence-electron chi connectivity index (χ2n) is 5.10. The van der Waals surface area contributed by atoms with Crippen molar-refractivity contribution in [3.8, 4) is 5.69 Å². The van der Waals surface area contributed by atoms with Gasteiger partial charge in [0, 0.05) is 11.6 Å². The molecule has 0 aliphatic heterocycles. The molecule has 19 heavy (non-hydrogen) atoms. The van der Waals surface area contributed by atoms with E-state index >= 15 is 0 Å². The Morgan fingerprint density at radius 1 is 1.37 bits per heavy atom. The Labute approximate surface area is 120 Å². The summed E-state index contributed by atoms with van der Waals surface area (Å²) in [6.07, 6.45) is 3.71. The third kappa shape index (κ3) is 3.23. The average molecular weight is 323 g/mol. The fourth-order valence-corrected chi connectivity index (χ4v) is 2.27. The molecule has 1 N–H and O–H groups in total. The molecule has 0 amide bonds. The van der Waals surface area contributed by atoms with Crippen LogP contribution in [0.3, 0.4) is 0 Å². The predicted octanol–water partition coefficient (Wildman–Crippen LogP) is 3.39. The van der Waals surface area contributed by atoms with E-state index in [1.165, 1.54) is 0 Å². The molecule has 0 saturated carbocycles. The first-order valence-corrected chi connectivity index (χ1v) is 6.71. The smallest absolute Gasteiger partial charge is 0.304 e. The molecule has 1 aromatic heterocycles. The number of hydrogen-bond acceptors (Lipinski definition) is 2. The lowest BCUT2D eigenvalue weighted by Gasteiger charge is -2.23. The highest BCUT2D eigenvalue weighted by molar-refractivity contribution is 9.10. The Balaban J connectivity index is 2.25. The van der Waals surface area contributed by atoms with E-state index in [0.29, 0.717) is 0 Å². The van der Waals surface area contributed by atoms with Gasteiger partial charge in [-0.15, -0.1) is 0 Å². The van der Waals surface area contributed by atoms with E-state index in [1.54, 1.807) is 10.9 Å². The number of carboxylic acids is 1. The highest BCUT2D eigenvalue weighted by Gasteiger charge is 2.23. The summed E-state index contributed by atoms with van der Waals surface area (Å²) >= 11 is 3.35. The van der Waals surface area contributed by atoms with Crippen molar-refractivity contribution in [2.75, 3.05) is 0 Å². The lowest BCUT2D eigenvalue weighted by Crippen LogP contribution is -2.21. The van der Waals surface area contributed by atoms with Crippen LogP contribution in [0.25, 0.3) is 5.69 Å². The Hall–Kier alpha value is -1.62. The summed E-state index contributed by atoms with van der Waals surface area (Å²) in [6.45, 7) is 3.86. The van der Waals surface area contributed by atoms with Gasteiger partial charge in [0.1, 0.15) is 0 Å². The van der Waals surface area contributed by atoms with Gasteiger partial charge in [-0.3, -0.25) is 4.79 Å². The quantitative estimate of drug-likeness (QED) is 0.938. The van der Waals surface area contributed by atoms with Crippen molar-refractivity contribution in [1.29, 1.82) is 0 Å². The molecule has 0 aliphatic rings. The van der Waals surface area contributed by atoms with Gasteiger partial charge >= 0.3 is 5.97 Å². The van der Waals surface area contributed by atoms with Crippen LogP contribution in [0.5, 0.6) is 0 Å². The number of hydrogen-bond donors (Lipinski definition) is 1. The van der Waals surface area contributed by atoms with Crippen molar-refractivity contribution < 1.29 is 9.90 Å². The van der Waals surface area contributed by atoms with E-state index in [4.69, 9.17) is 5.11 Å². The van der Waals surface area contributed by atoms with Gasteiger partial charge in [-0.1, -0.05) is 26.0 Å². The zero-order valence-corrected chi connectivity index (χ0v) is 12.4. The highest BCUT2D eigenvalue weighted by Crippen LogP contribution is 2.27. The number of rotatable bonds is 4. The number of aliphatic carboxylic acids is 1. The Morgan fingerprint density at radius 2 is 2.00 bits per heavy atom. The van der Waals surface area contributed by atoms with Gasteiger partial charge in [-0.25, -0.2) is 4.68 Å². The molecule has 0 atom stereocenters. The maximum Gasteiger partial charge on any atom is 0.304 e. The lowest BCUT2D eigenvalue weighted by atomic mass is 9.81. The summed E-state index contributed by atoms with van der Waals surface area (Å²) in [5.41, 5.74) is 1.57. The standard InChI is InChI=1S/C14H15BrN2O2/c1-14(2,7-13(18)19)10-3-5-12(6-4-10)17-9-11(15)8-16-17/h3-6,8-9H,7H2,1-2H3,(H,18,19). The first-order valence-electron chi connectivity index (χ1n) is 5.91. The molecule has 1 aromatic carbocycles. The molecule has 0 fully saturated rings. The maximum absolute atomic E-state index is 10.9. The summed E-state index contributed by atoms with van der Waals surface area (Å²) in [5.74, 6) is -0.787. The van der Waals surface area contributed by atoms with Crippen molar-refractivity contribution in [1.82, 2.24) is 9.78 Å². The summed E-state index contributed by atoms with van der Waals surface area (Å²) in [6, 6.07) is 7.79. The third-order valence-corrected chi connectivity index (χ3v) is 3.47. The first-order chi connectivity index (χ1) is 8.88. The second-order valence-corrected chi connectivity index (χ2v) is 6.02. The Bertz CT molecular complexity index is 588. The number of nitrogens with zero attached hydrogens (tertiary/aromatic N) is 2. The molecule has 0 spiro atoms. The summed E-state index contributed by atoms with van der Waals surface area (Å²) < 4.78 is 2.68. The number of benzene rings is 1. The van der Waals surface area contributed by atoms with E-state index in [-0.39, 0.29) is 11.8 Å². The summed E-state index contributed by atoms with van der Waals surface area (Å²) in [5, 5.41) is 13.1. The van der Waals surface area contributed by atoms with Crippen LogP contribution in [0.1, 0.15) is 25.8 Å². The molecule has 100 valence electrons. The van der Waals surface area contributed by atoms with Crippen LogP contribution < -0.4 is 0 Å². The van der Waals surface area contributed by atoms with E-state index < -0.39 is 5.97 Å². The van der Waals surface area contributed by atoms with Crippen LogP contribution in [0.4, 0.5) is 0 Å². The van der Waals surface area contributed by atoms with Crippen molar-refractivity contribution in [3.63, 3.8) is 0 Å². The van der Waals surface area contributed by atoms with Crippen LogP contribution in [0, 0.1) is 0 Å². The number of carboxylic acid groups (broad SMARTS) is 1. The zero-order chi connectivity index (χ0) is 14.0. The highest BCUT2D eigenvalue weighted by atomic mass is 79.9. The third-order valence-electron chi connectivity index (χ3n) is 3.06. The van der Waals surface area contributed by atoms with Crippen LogP contribution in [-0.4, -0.2) is 20.9 Å². The SMILES string of the molecule is CC(C)(CC(=O)O)c1ccc(-n2cc(Br)cn2)cc1. The van der Waals surface area contributed by atoms with Crippen LogP contribution in [0.15, 0.2) is 41.1 Å². The predicted molar refractivity (Wildman–Crippen MR) is 76.5 cm³/mol. The van der Waals surface area contributed by atoms with Gasteiger partial charge in [0.05, 0.1) is 22.8 Å². The maximum atomic E-state index is 10.9. The fourth-order valence-electron chi connectivity index (χ4n) is 1.99. The van der Waals surface area contributed by atoms with Gasteiger partial charge in [-0.05, 0) is 33.6 Å². The number of aromatic nitrogens is 2. The minimum absolute atomic E-state index is 0.111. The minimum atomic E-state index is -0.787. The molecule has 2 aromatic rings. The average Bonchev–Trinajstić information content (AvgIpc) is 2.74. The largest absolute Gasteiger partial charge is 0.481 e. The Kier molecular flexibility index (Phi) is 3.75. The van der Waals surface area contributed by atoms with Gasteiger partial charge in [-0.2, -0.15) is 5.10 Å². The number of carbonyl (C=O) groups is 1. The van der Waals surface area contributed by atoms with E-state index in [1.807, 2.05) is 44.3 Å². The molecule has 0 unspecified atom stereocenters. The van der Waals surface area contributed by atoms with Crippen molar-refractivity contribution in [2.45, 2.75) is 25.7 Å². The lowest BCUT2D eigenvalue weighted by molar-refractivity contribution is -0.138. The van der Waals surface area contributed by atoms with Crippen LogP contribution >= 0.6 is 15.9 Å². The molecular weight excluding hydrogens is 308 g/mol. The van der Waals surface area contributed by atoms with E-state index in [9.17, 15) is 4.79 Å². The van der Waals surface area contributed by atoms with Gasteiger partial charge in [0.25, 0.3) is 0 Å². The molecule has 4 nitrogen and oxygen atoms in total. The molecule has 1 heterocycles. The number of halogens is 1. The van der Waals surface area contributed by atoms with Crippen molar-refractivity contribution in [2.24, 2.45) is 0 Å². The zero-order valence-electron chi connectivity index (χ0n) is 10.8. The van der Waals surface area contributed by atoms with Crippen LogP contribution in [0.2, 0.25) is 0 Å². The first kappa shape index (κ1) is 13.8. The molecule has 0 saturated heterocycles. The molecular formula is C14H15BrN2O2. The second kappa shape index (κ2) is 5.17. The van der Waals surface area contributed by atoms with Gasteiger partial charge in [0.2, 0.25) is 0 Å². The van der Waals surface area contributed by atoms with Crippen LogP contribution in [-0.2, 0) is 10.2 Å². The molecule has 0 radical (unpaired) electrons. The van der Waals surface area contributed by atoms with Gasteiger partial charge < -0.3 is 5.11 Å². The molecule has 0 bridgehead atoms. The topological polar surface area (TPSA) is 55.1 Å². The minimum Gasteiger partial charge on any atom is -0.481 e. The summed E-state index contributed by atoms with van der Waals surface area (Å²) in [7, 11) is 0. The van der Waals surface area contributed by atoms with Gasteiger partial charge in [0.15, 0.2) is 0 Å². The van der Waals surface area contributed by atoms with Crippen molar-refractivity contribution >= 4 is 21.9 Å². The van der Waals surface area contributed by atoms with Crippen molar-refractivity contribution in [3.05, 3.63) is 46.7 Å².